The second kappa shape index (κ2) is 9.43. The van der Waals surface area contributed by atoms with Gasteiger partial charge in [-0.15, -0.1) is 0 Å². The van der Waals surface area contributed by atoms with Crippen molar-refractivity contribution in [1.82, 2.24) is 15.5 Å². The van der Waals surface area contributed by atoms with Crippen LogP contribution < -0.4 is 10.6 Å². The first-order valence-electron chi connectivity index (χ1n) is 7.86. The summed E-state index contributed by atoms with van der Waals surface area (Å²) in [5.74, 6) is 0. The van der Waals surface area contributed by atoms with E-state index in [0.29, 0.717) is 25.9 Å². The van der Waals surface area contributed by atoms with Gasteiger partial charge in [-0.3, -0.25) is 0 Å². The molecule has 1 aromatic rings. The number of carbonyl (C=O) groups excluding carboxylic acids is 1. The van der Waals surface area contributed by atoms with Gasteiger partial charge in [-0.25, -0.2) is 4.79 Å². The van der Waals surface area contributed by atoms with Gasteiger partial charge in [0.05, 0.1) is 12.1 Å². The largest absolute Gasteiger partial charge is 0.393 e. The van der Waals surface area contributed by atoms with Gasteiger partial charge in [0.25, 0.3) is 0 Å². The molecule has 2 atom stereocenters. The number of hydrogen-bond donors (Lipinski definition) is 3. The number of aliphatic hydroxyl groups is 1. The molecule has 5 heteroatoms. The van der Waals surface area contributed by atoms with Crippen molar-refractivity contribution in [3.63, 3.8) is 0 Å². The summed E-state index contributed by atoms with van der Waals surface area (Å²) in [6.07, 6.45) is 0.945. The van der Waals surface area contributed by atoms with Crippen LogP contribution in [-0.2, 0) is 0 Å². The Morgan fingerprint density at radius 2 is 1.86 bits per heavy atom. The van der Waals surface area contributed by atoms with E-state index in [-0.39, 0.29) is 18.2 Å². The van der Waals surface area contributed by atoms with Gasteiger partial charge in [-0.1, -0.05) is 36.8 Å². The molecular weight excluding hydrogens is 278 g/mol. The lowest BCUT2D eigenvalue weighted by Gasteiger charge is -2.25. The van der Waals surface area contributed by atoms with E-state index >= 15 is 0 Å². The zero-order valence-electron chi connectivity index (χ0n) is 14.1. The van der Waals surface area contributed by atoms with Gasteiger partial charge >= 0.3 is 6.03 Å². The molecule has 1 rings (SSSR count). The van der Waals surface area contributed by atoms with Crippen molar-refractivity contribution in [2.75, 3.05) is 27.2 Å². The molecule has 5 nitrogen and oxygen atoms in total. The summed E-state index contributed by atoms with van der Waals surface area (Å²) >= 11 is 0. The van der Waals surface area contributed by atoms with E-state index in [1.807, 2.05) is 21.0 Å². The third kappa shape index (κ3) is 6.45. The number of urea groups is 1. The zero-order valence-corrected chi connectivity index (χ0v) is 14.1. The highest BCUT2D eigenvalue weighted by molar-refractivity contribution is 5.73. The van der Waals surface area contributed by atoms with Crippen LogP contribution in [0.15, 0.2) is 24.3 Å². The van der Waals surface area contributed by atoms with Gasteiger partial charge in [0.2, 0.25) is 0 Å². The number of nitrogens with zero attached hydrogens (tertiary/aromatic N) is 1. The number of rotatable bonds is 8. The Kier molecular flexibility index (Phi) is 7.91. The molecule has 0 fully saturated rings. The lowest BCUT2D eigenvalue weighted by atomic mass is 10.0. The van der Waals surface area contributed by atoms with Gasteiger partial charge in [0, 0.05) is 13.1 Å². The van der Waals surface area contributed by atoms with Crippen molar-refractivity contribution >= 4 is 6.03 Å². The fourth-order valence-corrected chi connectivity index (χ4v) is 2.20. The number of likely N-dealkylation sites (N-methyl/N-ethyl adjacent to an activating group) is 1. The summed E-state index contributed by atoms with van der Waals surface area (Å²) in [6.45, 7) is 5.01. The predicted molar refractivity (Wildman–Crippen MR) is 89.9 cm³/mol. The molecule has 0 aliphatic heterocycles. The second-order valence-corrected chi connectivity index (χ2v) is 5.88. The number of nitrogens with one attached hydrogen (secondary N) is 2. The van der Waals surface area contributed by atoms with Gasteiger partial charge in [0.15, 0.2) is 0 Å². The van der Waals surface area contributed by atoms with Crippen molar-refractivity contribution in [3.8, 4) is 0 Å². The van der Waals surface area contributed by atoms with Crippen molar-refractivity contribution < 1.29 is 9.90 Å². The molecule has 2 amide bonds. The summed E-state index contributed by atoms with van der Waals surface area (Å²) in [5, 5.41) is 15.1. The summed E-state index contributed by atoms with van der Waals surface area (Å²) in [6, 6.07) is 8.29. The van der Waals surface area contributed by atoms with Crippen LogP contribution in [0.4, 0.5) is 4.79 Å². The van der Waals surface area contributed by atoms with E-state index in [2.05, 4.69) is 46.7 Å². The van der Waals surface area contributed by atoms with E-state index in [4.69, 9.17) is 0 Å². The van der Waals surface area contributed by atoms with E-state index < -0.39 is 0 Å². The lowest BCUT2D eigenvalue weighted by Crippen LogP contribution is -2.41. The monoisotopic (exact) mass is 307 g/mol. The number of benzene rings is 1. The molecule has 0 bridgehead atoms. The quantitative estimate of drug-likeness (QED) is 0.689. The van der Waals surface area contributed by atoms with Crippen LogP contribution in [0.3, 0.4) is 0 Å². The highest BCUT2D eigenvalue weighted by atomic mass is 16.3. The topological polar surface area (TPSA) is 64.6 Å². The van der Waals surface area contributed by atoms with E-state index in [9.17, 15) is 9.90 Å². The van der Waals surface area contributed by atoms with Crippen LogP contribution in [0.5, 0.6) is 0 Å². The van der Waals surface area contributed by atoms with Crippen LogP contribution in [0.1, 0.15) is 36.9 Å². The van der Waals surface area contributed by atoms with Gasteiger partial charge in [-0.05, 0) is 39.4 Å². The molecule has 0 saturated heterocycles. The predicted octanol–water partition coefficient (Wildman–Crippen LogP) is 2.06. The average molecular weight is 307 g/mol. The minimum absolute atomic E-state index is 0.132. The Morgan fingerprint density at radius 3 is 2.41 bits per heavy atom. The van der Waals surface area contributed by atoms with E-state index in [0.717, 1.165) is 0 Å². The Bertz CT molecular complexity index is 446. The number of aryl methyl sites for hydroxylation is 1. The van der Waals surface area contributed by atoms with Gasteiger partial charge in [-0.2, -0.15) is 0 Å². The molecule has 124 valence electrons. The lowest BCUT2D eigenvalue weighted by molar-refractivity contribution is 0.160. The molecule has 2 unspecified atom stereocenters. The normalized spacial score (nSPS) is 13.7. The summed E-state index contributed by atoms with van der Waals surface area (Å²) in [7, 11) is 4.00. The number of carbonyl (C=O) groups is 1. The van der Waals surface area contributed by atoms with Crippen LogP contribution in [0, 0.1) is 6.92 Å². The molecule has 0 radical (unpaired) electrons. The molecule has 0 aromatic heterocycles. The van der Waals surface area contributed by atoms with Crippen LogP contribution >= 0.6 is 0 Å². The highest BCUT2D eigenvalue weighted by Gasteiger charge is 2.15. The zero-order chi connectivity index (χ0) is 16.5. The maximum absolute atomic E-state index is 11.8. The molecule has 0 saturated carbocycles. The van der Waals surface area contributed by atoms with Crippen molar-refractivity contribution in [3.05, 3.63) is 35.4 Å². The van der Waals surface area contributed by atoms with Crippen LogP contribution in [0.25, 0.3) is 0 Å². The van der Waals surface area contributed by atoms with Gasteiger partial charge < -0.3 is 20.6 Å². The first kappa shape index (κ1) is 18.5. The first-order chi connectivity index (χ1) is 10.4. The number of hydrogen-bond acceptors (Lipinski definition) is 3. The fourth-order valence-electron chi connectivity index (χ4n) is 2.20. The first-order valence-corrected chi connectivity index (χ1v) is 7.86. The maximum atomic E-state index is 11.8. The van der Waals surface area contributed by atoms with Crippen LogP contribution in [-0.4, -0.2) is 49.3 Å². The van der Waals surface area contributed by atoms with Crippen LogP contribution in [0.2, 0.25) is 0 Å². The van der Waals surface area contributed by atoms with Crippen molar-refractivity contribution in [1.29, 1.82) is 0 Å². The minimum Gasteiger partial charge on any atom is -0.393 e. The minimum atomic E-state index is -0.345. The molecular formula is C17H29N3O2. The summed E-state index contributed by atoms with van der Waals surface area (Å²) in [4.78, 5) is 13.9. The Hall–Kier alpha value is -1.59. The molecule has 1 aromatic carbocycles. The summed E-state index contributed by atoms with van der Waals surface area (Å²) < 4.78 is 0. The molecule has 0 aliphatic carbocycles. The standard InChI is InChI=1S/C17H29N3O2/c1-5-15(21)10-11-18-17(22)19-12-16(20(3)4)14-8-6-13(2)7-9-14/h6-9,15-16,21H,5,10-12H2,1-4H3,(H2,18,19,22). The molecule has 0 heterocycles. The Balaban J connectivity index is 2.44. The molecule has 0 aliphatic rings. The molecule has 3 N–H and O–H groups in total. The van der Waals surface area contributed by atoms with Gasteiger partial charge in [0.1, 0.15) is 0 Å². The Labute approximate surface area is 133 Å². The number of amides is 2. The fraction of sp³-hybridized carbons (Fsp3) is 0.588. The third-order valence-corrected chi connectivity index (χ3v) is 3.78. The second-order valence-electron chi connectivity index (χ2n) is 5.88. The number of aliphatic hydroxyl groups excluding tert-OH is 1. The smallest absolute Gasteiger partial charge is 0.314 e. The van der Waals surface area contributed by atoms with E-state index in [1.165, 1.54) is 11.1 Å². The average Bonchev–Trinajstić information content (AvgIpc) is 2.48. The summed E-state index contributed by atoms with van der Waals surface area (Å²) in [5.41, 5.74) is 2.40. The van der Waals surface area contributed by atoms with Crippen molar-refractivity contribution in [2.45, 2.75) is 38.8 Å². The highest BCUT2D eigenvalue weighted by Crippen LogP contribution is 2.17. The molecule has 22 heavy (non-hydrogen) atoms. The van der Waals surface area contributed by atoms with E-state index in [1.54, 1.807) is 0 Å². The third-order valence-electron chi connectivity index (χ3n) is 3.78. The van der Waals surface area contributed by atoms with Crippen molar-refractivity contribution in [2.24, 2.45) is 0 Å². The SMILES string of the molecule is CCC(O)CCNC(=O)NCC(c1ccc(C)cc1)N(C)C. The Morgan fingerprint density at radius 1 is 1.23 bits per heavy atom. The maximum Gasteiger partial charge on any atom is 0.314 e. The molecule has 0 spiro atoms.